The number of anilines is 2. The van der Waals surface area contributed by atoms with E-state index in [0.717, 1.165) is 11.3 Å². The smallest absolute Gasteiger partial charge is 0.219 e. The van der Waals surface area contributed by atoms with E-state index in [0.29, 0.717) is 17.4 Å². The zero-order chi connectivity index (χ0) is 16.1. The third-order valence-corrected chi connectivity index (χ3v) is 3.54. The third kappa shape index (κ3) is 4.18. The quantitative estimate of drug-likeness (QED) is 0.914. The summed E-state index contributed by atoms with van der Waals surface area (Å²) in [7, 11) is 0. The molecule has 1 heterocycles. The van der Waals surface area contributed by atoms with Gasteiger partial charge in [-0.05, 0) is 31.5 Å². The van der Waals surface area contributed by atoms with Crippen LogP contribution in [0, 0.1) is 0 Å². The molecule has 116 valence electrons. The molecular formula is C16H19ClN4O. The van der Waals surface area contributed by atoms with Gasteiger partial charge in [0, 0.05) is 25.2 Å². The first-order valence-electron chi connectivity index (χ1n) is 7.06. The summed E-state index contributed by atoms with van der Waals surface area (Å²) in [6, 6.07) is 8.01. The average Bonchev–Trinajstić information content (AvgIpc) is 2.48. The molecule has 1 aromatic carbocycles. The fraction of sp³-hybridized carbons (Fsp3) is 0.312. The van der Waals surface area contributed by atoms with E-state index in [-0.39, 0.29) is 11.9 Å². The Labute approximate surface area is 135 Å². The average molecular weight is 319 g/mol. The number of amides is 1. The maximum atomic E-state index is 11.6. The van der Waals surface area contributed by atoms with Crippen LogP contribution in [0.3, 0.4) is 0 Å². The van der Waals surface area contributed by atoms with E-state index in [4.69, 9.17) is 11.6 Å². The topological polar surface area (TPSA) is 58.1 Å². The van der Waals surface area contributed by atoms with Crippen molar-refractivity contribution >= 4 is 29.0 Å². The number of nitrogens with zero attached hydrogens (tertiary/aromatic N) is 3. The molecule has 5 nitrogen and oxygen atoms in total. The van der Waals surface area contributed by atoms with E-state index in [2.05, 4.69) is 15.3 Å². The van der Waals surface area contributed by atoms with Gasteiger partial charge in [-0.3, -0.25) is 4.79 Å². The first kappa shape index (κ1) is 16.2. The van der Waals surface area contributed by atoms with Crippen LogP contribution < -0.4 is 5.32 Å². The minimum Gasteiger partial charge on any atom is -0.339 e. The molecule has 0 atom stereocenters. The molecular weight excluding hydrogens is 300 g/mol. The van der Waals surface area contributed by atoms with Crippen LogP contribution in [0.15, 0.2) is 36.8 Å². The summed E-state index contributed by atoms with van der Waals surface area (Å²) in [5, 5.41) is 3.60. The van der Waals surface area contributed by atoms with Gasteiger partial charge in [0.2, 0.25) is 5.91 Å². The fourth-order valence-electron chi connectivity index (χ4n) is 2.09. The standard InChI is InChI=1S/C16H19ClN4O/c1-11(2)21(12(3)22)9-13-4-6-14(7-5-13)20-16-15(17)8-18-10-19-16/h4-8,10-11H,9H2,1-3H3,(H,18,19,20). The summed E-state index contributed by atoms with van der Waals surface area (Å²) in [4.78, 5) is 21.4. The van der Waals surface area contributed by atoms with Crippen LogP contribution in [0.5, 0.6) is 0 Å². The monoisotopic (exact) mass is 318 g/mol. The summed E-state index contributed by atoms with van der Waals surface area (Å²) in [5.41, 5.74) is 1.95. The van der Waals surface area contributed by atoms with Crippen LogP contribution in [-0.4, -0.2) is 26.8 Å². The van der Waals surface area contributed by atoms with Crippen LogP contribution >= 0.6 is 11.6 Å². The highest BCUT2D eigenvalue weighted by atomic mass is 35.5. The van der Waals surface area contributed by atoms with Crippen molar-refractivity contribution in [1.82, 2.24) is 14.9 Å². The number of carbonyl (C=O) groups is 1. The molecule has 0 bridgehead atoms. The second-order valence-corrected chi connectivity index (χ2v) is 5.69. The van der Waals surface area contributed by atoms with E-state index < -0.39 is 0 Å². The fourth-order valence-corrected chi connectivity index (χ4v) is 2.24. The Kier molecular flexibility index (Phi) is 5.33. The van der Waals surface area contributed by atoms with Crippen molar-refractivity contribution < 1.29 is 4.79 Å². The number of benzene rings is 1. The highest BCUT2D eigenvalue weighted by molar-refractivity contribution is 6.32. The zero-order valence-corrected chi connectivity index (χ0v) is 13.6. The largest absolute Gasteiger partial charge is 0.339 e. The number of halogens is 1. The maximum Gasteiger partial charge on any atom is 0.219 e. The van der Waals surface area contributed by atoms with Gasteiger partial charge >= 0.3 is 0 Å². The van der Waals surface area contributed by atoms with Crippen molar-refractivity contribution in [3.8, 4) is 0 Å². The summed E-state index contributed by atoms with van der Waals surface area (Å²) in [6.07, 6.45) is 2.98. The summed E-state index contributed by atoms with van der Waals surface area (Å²) in [6.45, 7) is 6.21. The lowest BCUT2D eigenvalue weighted by molar-refractivity contribution is -0.131. The van der Waals surface area contributed by atoms with Crippen molar-refractivity contribution in [1.29, 1.82) is 0 Å². The highest BCUT2D eigenvalue weighted by Crippen LogP contribution is 2.22. The van der Waals surface area contributed by atoms with Gasteiger partial charge in [-0.2, -0.15) is 0 Å². The molecule has 0 aliphatic heterocycles. The second-order valence-electron chi connectivity index (χ2n) is 5.28. The molecule has 2 rings (SSSR count). The second kappa shape index (κ2) is 7.22. The molecule has 6 heteroatoms. The van der Waals surface area contributed by atoms with Crippen LogP contribution in [0.4, 0.5) is 11.5 Å². The molecule has 2 aromatic rings. The number of nitrogens with one attached hydrogen (secondary N) is 1. The zero-order valence-electron chi connectivity index (χ0n) is 12.9. The van der Waals surface area contributed by atoms with Crippen LogP contribution in [0.1, 0.15) is 26.3 Å². The number of hydrogen-bond donors (Lipinski definition) is 1. The molecule has 0 aliphatic carbocycles. The Hall–Kier alpha value is -2.14. The van der Waals surface area contributed by atoms with Gasteiger partial charge in [-0.25, -0.2) is 9.97 Å². The molecule has 1 N–H and O–H groups in total. The Morgan fingerprint density at radius 1 is 1.32 bits per heavy atom. The molecule has 0 radical (unpaired) electrons. The van der Waals surface area contributed by atoms with Gasteiger partial charge in [-0.1, -0.05) is 23.7 Å². The van der Waals surface area contributed by atoms with Gasteiger partial charge in [0.25, 0.3) is 0 Å². The summed E-state index contributed by atoms with van der Waals surface area (Å²) < 4.78 is 0. The van der Waals surface area contributed by atoms with Gasteiger partial charge in [0.15, 0.2) is 5.82 Å². The van der Waals surface area contributed by atoms with Crippen LogP contribution in [0.25, 0.3) is 0 Å². The molecule has 0 unspecified atom stereocenters. The van der Waals surface area contributed by atoms with Crippen LogP contribution in [-0.2, 0) is 11.3 Å². The van der Waals surface area contributed by atoms with Crippen molar-refractivity contribution in [3.05, 3.63) is 47.4 Å². The van der Waals surface area contributed by atoms with Gasteiger partial charge in [-0.15, -0.1) is 0 Å². The first-order valence-corrected chi connectivity index (χ1v) is 7.44. The number of carbonyl (C=O) groups excluding carboxylic acids is 1. The molecule has 0 spiro atoms. The van der Waals surface area contributed by atoms with Gasteiger partial charge < -0.3 is 10.2 Å². The number of rotatable bonds is 5. The summed E-state index contributed by atoms with van der Waals surface area (Å²) >= 11 is 6.01. The Morgan fingerprint density at radius 2 is 2.00 bits per heavy atom. The lowest BCUT2D eigenvalue weighted by atomic mass is 10.1. The van der Waals surface area contributed by atoms with Crippen molar-refractivity contribution in [3.63, 3.8) is 0 Å². The lowest BCUT2D eigenvalue weighted by Gasteiger charge is -2.25. The minimum atomic E-state index is 0.0740. The van der Waals surface area contributed by atoms with Crippen molar-refractivity contribution in [2.24, 2.45) is 0 Å². The highest BCUT2D eigenvalue weighted by Gasteiger charge is 2.12. The van der Waals surface area contributed by atoms with Crippen molar-refractivity contribution in [2.45, 2.75) is 33.4 Å². The SMILES string of the molecule is CC(=O)N(Cc1ccc(Nc2ncncc2Cl)cc1)C(C)C. The molecule has 0 saturated heterocycles. The summed E-state index contributed by atoms with van der Waals surface area (Å²) in [5.74, 6) is 0.641. The van der Waals surface area contributed by atoms with E-state index in [1.54, 1.807) is 13.1 Å². The predicted octanol–water partition coefficient (Wildman–Crippen LogP) is 3.63. The molecule has 0 fully saturated rings. The van der Waals surface area contributed by atoms with E-state index in [1.165, 1.54) is 6.33 Å². The lowest BCUT2D eigenvalue weighted by Crippen LogP contribution is -2.34. The molecule has 1 aromatic heterocycles. The normalized spacial score (nSPS) is 10.6. The third-order valence-electron chi connectivity index (χ3n) is 3.27. The van der Waals surface area contributed by atoms with Crippen LogP contribution in [0.2, 0.25) is 5.02 Å². The molecule has 0 saturated carbocycles. The van der Waals surface area contributed by atoms with Crippen molar-refractivity contribution in [2.75, 3.05) is 5.32 Å². The van der Waals surface area contributed by atoms with E-state index in [1.807, 2.05) is 43.0 Å². The van der Waals surface area contributed by atoms with E-state index in [9.17, 15) is 4.79 Å². The Morgan fingerprint density at radius 3 is 2.55 bits per heavy atom. The molecule has 22 heavy (non-hydrogen) atoms. The van der Waals surface area contributed by atoms with Gasteiger partial charge in [0.05, 0.1) is 6.20 Å². The first-order chi connectivity index (χ1) is 10.5. The molecule has 0 aliphatic rings. The number of aromatic nitrogens is 2. The van der Waals surface area contributed by atoms with E-state index >= 15 is 0 Å². The molecule has 1 amide bonds. The van der Waals surface area contributed by atoms with Gasteiger partial charge in [0.1, 0.15) is 11.3 Å². The maximum absolute atomic E-state index is 11.6. The Balaban J connectivity index is 2.07. The Bertz CT molecular complexity index is 643. The predicted molar refractivity (Wildman–Crippen MR) is 88.1 cm³/mol. The minimum absolute atomic E-state index is 0.0740. The number of hydrogen-bond acceptors (Lipinski definition) is 4.